The van der Waals surface area contributed by atoms with Crippen LogP contribution in [-0.2, 0) is 12.8 Å². The van der Waals surface area contributed by atoms with Crippen molar-refractivity contribution in [3.8, 4) is 11.1 Å². The van der Waals surface area contributed by atoms with Gasteiger partial charge in [-0.15, -0.1) is 0 Å². The highest BCUT2D eigenvalue weighted by atomic mass is 35.5. The van der Waals surface area contributed by atoms with Crippen molar-refractivity contribution in [2.24, 2.45) is 0 Å². The quantitative estimate of drug-likeness (QED) is 0.555. The average molecular weight is 271 g/mol. The van der Waals surface area contributed by atoms with Crippen molar-refractivity contribution in [2.75, 3.05) is 0 Å². The van der Waals surface area contributed by atoms with Gasteiger partial charge in [-0.3, -0.25) is 0 Å². The van der Waals surface area contributed by atoms with Crippen molar-refractivity contribution in [1.29, 1.82) is 0 Å². The Bertz CT molecular complexity index is 681. The first-order valence-corrected chi connectivity index (χ1v) is 7.33. The van der Waals surface area contributed by atoms with E-state index < -0.39 is 0 Å². The summed E-state index contributed by atoms with van der Waals surface area (Å²) in [7, 11) is 0. The Morgan fingerprint density at radius 3 is 2.47 bits per heavy atom. The van der Waals surface area contributed by atoms with Gasteiger partial charge >= 0.3 is 0 Å². The summed E-state index contributed by atoms with van der Waals surface area (Å²) in [6.45, 7) is 8.83. The average Bonchev–Trinajstić information content (AvgIpc) is 2.78. The second-order valence-electron chi connectivity index (χ2n) is 5.54. The van der Waals surface area contributed by atoms with Gasteiger partial charge in [-0.1, -0.05) is 36.7 Å². The van der Waals surface area contributed by atoms with E-state index in [1.54, 1.807) is 0 Å². The van der Waals surface area contributed by atoms with Gasteiger partial charge in [-0.05, 0) is 71.7 Å². The van der Waals surface area contributed by atoms with Crippen LogP contribution in [0, 0.1) is 20.8 Å². The highest BCUT2D eigenvalue weighted by Gasteiger charge is 2.26. The first kappa shape index (κ1) is 12.7. The molecule has 0 N–H and O–H groups in total. The van der Waals surface area contributed by atoms with E-state index in [9.17, 15) is 0 Å². The van der Waals surface area contributed by atoms with Crippen LogP contribution in [0.15, 0.2) is 18.2 Å². The van der Waals surface area contributed by atoms with E-state index >= 15 is 0 Å². The normalized spacial score (nSPS) is 12.5. The number of hydrogen-bond donors (Lipinski definition) is 0. The first-order chi connectivity index (χ1) is 9.06. The molecule has 0 atom stereocenters. The lowest BCUT2D eigenvalue weighted by Crippen LogP contribution is -1.98. The molecule has 0 unspecified atom stereocenters. The predicted molar refractivity (Wildman–Crippen MR) is 83.3 cm³/mol. The Morgan fingerprint density at radius 1 is 1.05 bits per heavy atom. The molecule has 98 valence electrons. The van der Waals surface area contributed by atoms with Gasteiger partial charge in [0.15, 0.2) is 0 Å². The molecule has 19 heavy (non-hydrogen) atoms. The zero-order valence-electron chi connectivity index (χ0n) is 12.0. The van der Waals surface area contributed by atoms with E-state index in [-0.39, 0.29) is 0 Å². The van der Waals surface area contributed by atoms with Crippen molar-refractivity contribution in [3.63, 3.8) is 0 Å². The fraction of sp³-hybridized carbons (Fsp3) is 0.333. The second kappa shape index (κ2) is 4.38. The van der Waals surface area contributed by atoms with Gasteiger partial charge in [-0.2, -0.15) is 0 Å². The van der Waals surface area contributed by atoms with Gasteiger partial charge in [0.25, 0.3) is 0 Å². The van der Waals surface area contributed by atoms with Gasteiger partial charge in [0.1, 0.15) is 0 Å². The molecule has 0 saturated heterocycles. The molecule has 0 bridgehead atoms. The molecular formula is C18H19Cl. The summed E-state index contributed by atoms with van der Waals surface area (Å²) < 4.78 is 0. The zero-order valence-corrected chi connectivity index (χ0v) is 12.8. The summed E-state index contributed by atoms with van der Waals surface area (Å²) in [6, 6.07) is 6.58. The molecule has 0 heterocycles. The van der Waals surface area contributed by atoms with Crippen LogP contribution in [0.25, 0.3) is 11.1 Å². The molecule has 1 aliphatic rings. The van der Waals surface area contributed by atoms with Gasteiger partial charge in [0.05, 0.1) is 0 Å². The lowest BCUT2D eigenvalue weighted by molar-refractivity contribution is 1.08. The van der Waals surface area contributed by atoms with Crippen molar-refractivity contribution in [2.45, 2.75) is 40.5 Å². The van der Waals surface area contributed by atoms with Crippen molar-refractivity contribution in [1.82, 2.24) is 0 Å². The molecule has 1 aliphatic carbocycles. The maximum absolute atomic E-state index is 6.67. The summed E-state index contributed by atoms with van der Waals surface area (Å²) in [6.07, 6.45) is 1.99. The molecule has 1 heteroatoms. The number of fused-ring (bicyclic) bond motifs is 3. The van der Waals surface area contributed by atoms with Gasteiger partial charge in [0, 0.05) is 11.4 Å². The minimum absolute atomic E-state index is 0.985. The maximum Gasteiger partial charge on any atom is 0.0482 e. The summed E-state index contributed by atoms with van der Waals surface area (Å²) in [5, 5.41) is 0.996. The summed E-state index contributed by atoms with van der Waals surface area (Å²) >= 11 is 6.67. The lowest BCUT2D eigenvalue weighted by Gasteiger charge is -2.17. The first-order valence-electron chi connectivity index (χ1n) is 6.95. The molecule has 0 spiro atoms. The Morgan fingerprint density at radius 2 is 1.79 bits per heavy atom. The topological polar surface area (TPSA) is 0 Å². The molecule has 0 aliphatic heterocycles. The largest absolute Gasteiger partial charge is 0.0837 e. The maximum atomic E-state index is 6.67. The van der Waals surface area contributed by atoms with E-state index in [2.05, 4.69) is 45.9 Å². The zero-order chi connectivity index (χ0) is 13.7. The number of hydrogen-bond acceptors (Lipinski definition) is 0. The summed E-state index contributed by atoms with van der Waals surface area (Å²) in [5.74, 6) is 0. The monoisotopic (exact) mass is 270 g/mol. The van der Waals surface area contributed by atoms with E-state index in [0.29, 0.717) is 0 Å². The standard InChI is InChI=1S/C18H19Cl/c1-5-14-11(3)12(4)17-15(18(14)19)9-13-8-6-7-10(2)16(13)17/h6-8H,5,9H2,1-4H3. The van der Waals surface area contributed by atoms with Crippen LogP contribution >= 0.6 is 11.6 Å². The van der Waals surface area contributed by atoms with Crippen molar-refractivity contribution >= 4 is 11.6 Å². The van der Waals surface area contributed by atoms with Gasteiger partial charge in [-0.25, -0.2) is 0 Å². The van der Waals surface area contributed by atoms with E-state index in [4.69, 9.17) is 11.6 Å². The van der Waals surface area contributed by atoms with Crippen molar-refractivity contribution in [3.05, 3.63) is 56.6 Å². The Labute approximate surface area is 120 Å². The molecule has 0 fully saturated rings. The molecule has 3 rings (SSSR count). The van der Waals surface area contributed by atoms with Crippen LogP contribution in [0.3, 0.4) is 0 Å². The lowest BCUT2D eigenvalue weighted by atomic mass is 9.90. The van der Waals surface area contributed by atoms with E-state index in [1.165, 1.54) is 44.5 Å². The number of halogens is 1. The van der Waals surface area contributed by atoms with Crippen molar-refractivity contribution < 1.29 is 0 Å². The molecular weight excluding hydrogens is 252 g/mol. The summed E-state index contributed by atoms with van der Waals surface area (Å²) in [5.41, 5.74) is 11.0. The smallest absolute Gasteiger partial charge is 0.0482 e. The van der Waals surface area contributed by atoms with Crippen LogP contribution in [0.5, 0.6) is 0 Å². The minimum Gasteiger partial charge on any atom is -0.0837 e. The highest BCUT2D eigenvalue weighted by Crippen LogP contribution is 2.46. The molecule has 0 nitrogen and oxygen atoms in total. The Kier molecular flexibility index (Phi) is 2.94. The molecule has 0 aromatic heterocycles. The summed E-state index contributed by atoms with van der Waals surface area (Å²) in [4.78, 5) is 0. The fourth-order valence-electron chi connectivity index (χ4n) is 3.45. The van der Waals surface area contributed by atoms with E-state index in [1.807, 2.05) is 0 Å². The van der Waals surface area contributed by atoms with Crippen LogP contribution in [0.4, 0.5) is 0 Å². The fourth-order valence-corrected chi connectivity index (χ4v) is 3.88. The Hall–Kier alpha value is -1.27. The van der Waals surface area contributed by atoms with E-state index in [0.717, 1.165) is 17.9 Å². The SMILES string of the molecule is CCc1c(C)c(C)c2c(c1Cl)Cc1cccc(C)c1-2. The van der Waals surface area contributed by atoms with Crippen LogP contribution in [-0.4, -0.2) is 0 Å². The molecule has 0 amide bonds. The van der Waals surface area contributed by atoms with Crippen LogP contribution in [0.1, 0.15) is 40.3 Å². The number of aryl methyl sites for hydroxylation is 1. The van der Waals surface area contributed by atoms with Crippen LogP contribution < -0.4 is 0 Å². The number of rotatable bonds is 1. The third-order valence-corrected chi connectivity index (χ3v) is 5.01. The number of benzene rings is 2. The molecule has 2 aromatic rings. The predicted octanol–water partition coefficient (Wildman–Crippen LogP) is 5.40. The van der Waals surface area contributed by atoms with Gasteiger partial charge in [0.2, 0.25) is 0 Å². The molecule has 2 aromatic carbocycles. The Balaban J connectivity index is 2.41. The second-order valence-corrected chi connectivity index (χ2v) is 5.91. The van der Waals surface area contributed by atoms with Gasteiger partial charge < -0.3 is 0 Å². The third-order valence-electron chi connectivity index (χ3n) is 4.55. The minimum atomic E-state index is 0.985. The van der Waals surface area contributed by atoms with Crippen LogP contribution in [0.2, 0.25) is 5.02 Å². The molecule has 0 saturated carbocycles. The molecule has 0 radical (unpaired) electrons. The highest BCUT2D eigenvalue weighted by molar-refractivity contribution is 6.33. The third kappa shape index (κ3) is 1.66.